The molecule has 0 aliphatic heterocycles. The molecule has 0 saturated carbocycles. The van der Waals surface area contributed by atoms with E-state index in [1.54, 1.807) is 11.3 Å². The molecule has 52 valence electrons. The van der Waals surface area contributed by atoms with Crippen LogP contribution in [0.15, 0.2) is 23.7 Å². The summed E-state index contributed by atoms with van der Waals surface area (Å²) in [6, 6.07) is 8.78. The first kappa shape index (κ1) is 9.30. The summed E-state index contributed by atoms with van der Waals surface area (Å²) in [7, 11) is 0. The summed E-state index contributed by atoms with van der Waals surface area (Å²) in [6.45, 7) is 0. The fraction of sp³-hybridized carbons (Fsp3) is 0. The van der Waals surface area contributed by atoms with E-state index < -0.39 is 0 Å². The summed E-state index contributed by atoms with van der Waals surface area (Å²) < 4.78 is 1.23. The molecule has 0 fully saturated rings. The molecular formula is C7H4BrNSZn. The molecule has 11 heavy (non-hydrogen) atoms. The van der Waals surface area contributed by atoms with E-state index in [0.29, 0.717) is 0 Å². The van der Waals surface area contributed by atoms with E-state index in [-0.39, 0.29) is 0 Å². The second-order valence-corrected chi connectivity index (χ2v) is 2.63. The predicted octanol–water partition coefficient (Wildman–Crippen LogP) is 2.94. The van der Waals surface area contributed by atoms with Crippen LogP contribution in [-0.4, -0.2) is 4.98 Å². The molecule has 0 aliphatic carbocycles. The number of thiazole rings is 1. The maximum Gasteiger partial charge on any atom is 0.0634 e. The monoisotopic (exact) mass is 277 g/mol. The molecule has 4 heteroatoms. The minimum Gasteiger partial charge on any atom is -0.309 e. The van der Waals surface area contributed by atoms with E-state index in [9.17, 15) is 0 Å². The topological polar surface area (TPSA) is 12.9 Å². The van der Waals surface area contributed by atoms with Crippen molar-refractivity contribution in [2.45, 2.75) is 0 Å². The van der Waals surface area contributed by atoms with Gasteiger partial charge in [0, 0.05) is 0 Å². The van der Waals surface area contributed by atoms with E-state index in [4.69, 9.17) is 0 Å². The zero-order valence-corrected chi connectivity index (χ0v) is 11.1. The van der Waals surface area contributed by atoms with Crippen LogP contribution in [0.4, 0.5) is 0 Å². The van der Waals surface area contributed by atoms with Gasteiger partial charge in [0.05, 0.1) is 5.51 Å². The average molecular weight is 279 g/mol. The molecule has 1 aromatic carbocycles. The minimum absolute atomic E-state index is 1.04. The number of hydrogen-bond donors (Lipinski definition) is 0. The van der Waals surface area contributed by atoms with Crippen molar-refractivity contribution >= 4 is 35.2 Å². The van der Waals surface area contributed by atoms with Crippen molar-refractivity contribution in [2.75, 3.05) is 0 Å². The fourth-order valence-corrected chi connectivity index (χ4v) is 1.41. The average Bonchev–Trinajstić information content (AvgIpc) is 2.55. The van der Waals surface area contributed by atoms with Crippen LogP contribution >= 0.6 is 25.0 Å². The molecular weight excluding hydrogens is 275 g/mol. The number of rotatable bonds is 0. The van der Waals surface area contributed by atoms with Crippen molar-refractivity contribution in [1.29, 1.82) is 0 Å². The first-order valence-corrected chi connectivity index (χ1v) is 10.8. The predicted molar refractivity (Wildman–Crippen MR) is 47.4 cm³/mol. The smallest absolute Gasteiger partial charge is 0.0634 e. The van der Waals surface area contributed by atoms with Gasteiger partial charge in [-0.05, 0) is 5.52 Å². The van der Waals surface area contributed by atoms with Crippen molar-refractivity contribution in [3.8, 4) is 0 Å². The number of halogens is 1. The number of aromatic nitrogens is 1. The van der Waals surface area contributed by atoms with Gasteiger partial charge >= 0.3 is 30.0 Å². The van der Waals surface area contributed by atoms with Crippen LogP contribution < -0.4 is 0 Å². The minimum atomic E-state index is 1.04. The zero-order chi connectivity index (χ0) is 8.10. The van der Waals surface area contributed by atoms with Gasteiger partial charge in [-0.2, -0.15) is 35.6 Å². The molecule has 0 spiro atoms. The first-order valence-electron chi connectivity index (χ1n) is 2.93. The third kappa shape index (κ3) is 2.33. The Morgan fingerprint density at radius 1 is 1.55 bits per heavy atom. The summed E-state index contributed by atoms with van der Waals surface area (Å²) >= 11 is 5.91. The van der Waals surface area contributed by atoms with Crippen LogP contribution in [0, 0.1) is 6.07 Å². The number of fused-ring (bicyclic) bond motifs is 1. The third-order valence-corrected chi connectivity index (χ3v) is 1.98. The van der Waals surface area contributed by atoms with E-state index in [0.717, 1.165) is 5.52 Å². The maximum absolute atomic E-state index is 4.11. The summed E-state index contributed by atoms with van der Waals surface area (Å²) in [5, 5.41) is 0. The van der Waals surface area contributed by atoms with Gasteiger partial charge in [-0.25, -0.2) is 0 Å². The van der Waals surface area contributed by atoms with Gasteiger partial charge < -0.3 is 4.98 Å². The van der Waals surface area contributed by atoms with Gasteiger partial charge in [-0.1, -0.05) is 4.70 Å². The van der Waals surface area contributed by atoms with Crippen molar-refractivity contribution < 1.29 is 16.3 Å². The van der Waals surface area contributed by atoms with Crippen LogP contribution in [0.25, 0.3) is 10.2 Å². The van der Waals surface area contributed by atoms with E-state index in [2.05, 4.69) is 24.7 Å². The molecule has 0 radical (unpaired) electrons. The zero-order valence-electron chi connectivity index (χ0n) is 5.75. The molecule has 0 aliphatic rings. The molecule has 0 atom stereocenters. The second-order valence-electron chi connectivity index (χ2n) is 1.75. The van der Waals surface area contributed by atoms with Crippen molar-refractivity contribution in [3.63, 3.8) is 0 Å². The van der Waals surface area contributed by atoms with Crippen LogP contribution in [0.5, 0.6) is 0 Å². The van der Waals surface area contributed by atoms with Crippen LogP contribution in [0.1, 0.15) is 0 Å². The van der Waals surface area contributed by atoms with Crippen LogP contribution in [0.2, 0.25) is 0 Å². The van der Waals surface area contributed by atoms with Gasteiger partial charge in [0.1, 0.15) is 0 Å². The van der Waals surface area contributed by atoms with Crippen molar-refractivity contribution in [2.24, 2.45) is 0 Å². The van der Waals surface area contributed by atoms with Gasteiger partial charge in [-0.15, -0.1) is 0 Å². The SMILES string of the molecule is [Zn+][Br].[c-]1ccc2scnc2c1. The van der Waals surface area contributed by atoms with Gasteiger partial charge in [0.2, 0.25) is 0 Å². The number of hydrogen-bond acceptors (Lipinski definition) is 2. The van der Waals surface area contributed by atoms with Crippen molar-refractivity contribution in [1.82, 2.24) is 4.98 Å². The molecule has 1 aromatic heterocycles. The number of nitrogens with zero attached hydrogens (tertiary/aromatic N) is 1. The Labute approximate surface area is 85.9 Å². The fourth-order valence-electron chi connectivity index (χ4n) is 0.748. The van der Waals surface area contributed by atoms with Crippen LogP contribution in [-0.2, 0) is 16.3 Å². The standard InChI is InChI=1S/C7H4NS.BrH.Zn/c1-2-4-7-6(3-1)8-5-9-7;;/h2-5H;1H;/q-1;;+2/p-1. The quantitative estimate of drug-likeness (QED) is 0.534. The summed E-state index contributed by atoms with van der Waals surface area (Å²) in [6.07, 6.45) is 0. The Kier molecular flexibility index (Phi) is 4.20. The summed E-state index contributed by atoms with van der Waals surface area (Å²) in [5.41, 5.74) is 2.89. The Bertz CT molecular complexity index is 292. The van der Waals surface area contributed by atoms with E-state index in [1.165, 1.54) is 21.0 Å². The summed E-state index contributed by atoms with van der Waals surface area (Å²) in [4.78, 5) is 4.11. The van der Waals surface area contributed by atoms with Gasteiger partial charge in [-0.3, -0.25) is 0 Å². The van der Waals surface area contributed by atoms with E-state index in [1.807, 2.05) is 23.7 Å². The normalized spacial score (nSPS) is 9.00. The largest absolute Gasteiger partial charge is 0.309 e. The first-order chi connectivity index (χ1) is 5.47. The van der Waals surface area contributed by atoms with Gasteiger partial charge in [0.15, 0.2) is 0 Å². The Balaban J connectivity index is 0.000000281. The Morgan fingerprint density at radius 2 is 2.36 bits per heavy atom. The molecule has 1 nitrogen and oxygen atoms in total. The molecule has 0 unspecified atom stereocenters. The van der Waals surface area contributed by atoms with E-state index >= 15 is 0 Å². The second kappa shape index (κ2) is 4.97. The molecule has 0 amide bonds. The third-order valence-electron chi connectivity index (χ3n) is 1.17. The van der Waals surface area contributed by atoms with Crippen LogP contribution in [0.3, 0.4) is 0 Å². The molecule has 0 saturated heterocycles. The Hall–Kier alpha value is 0.213. The molecule has 0 N–H and O–H groups in total. The van der Waals surface area contributed by atoms with Gasteiger partial charge in [0.25, 0.3) is 0 Å². The van der Waals surface area contributed by atoms with Crippen molar-refractivity contribution in [3.05, 3.63) is 29.8 Å². The molecule has 1 heterocycles. The molecule has 2 aromatic rings. The maximum atomic E-state index is 4.11. The Morgan fingerprint density at radius 3 is 3.09 bits per heavy atom. The number of benzene rings is 1. The molecule has 2 rings (SSSR count). The summed E-state index contributed by atoms with van der Waals surface area (Å²) in [5.74, 6) is 0. The molecule has 0 bridgehead atoms.